The highest BCUT2D eigenvalue weighted by Gasteiger charge is 2.28. The number of halogens is 2. The summed E-state index contributed by atoms with van der Waals surface area (Å²) in [5.41, 5.74) is 0.399. The molecule has 2 unspecified atom stereocenters. The third-order valence-electron chi connectivity index (χ3n) is 3.36. The van der Waals surface area contributed by atoms with Crippen molar-refractivity contribution in [1.82, 2.24) is 0 Å². The van der Waals surface area contributed by atoms with Crippen LogP contribution in [0, 0.1) is 23.5 Å². The molecule has 1 aliphatic heterocycles. The van der Waals surface area contributed by atoms with E-state index in [1.807, 2.05) is 6.92 Å². The predicted molar refractivity (Wildman–Crippen MR) is 63.2 cm³/mol. The van der Waals surface area contributed by atoms with Crippen molar-refractivity contribution in [3.63, 3.8) is 0 Å². The van der Waals surface area contributed by atoms with Crippen molar-refractivity contribution in [2.45, 2.75) is 19.8 Å². The first-order valence-electron chi connectivity index (χ1n) is 6.11. The molecular formula is C14H16F2O2. The predicted octanol–water partition coefficient (Wildman–Crippen LogP) is 2.75. The zero-order valence-electron chi connectivity index (χ0n) is 10.3. The molecular weight excluding hydrogens is 238 g/mol. The van der Waals surface area contributed by atoms with Crippen molar-refractivity contribution in [3.8, 4) is 0 Å². The number of Topliss-reactive ketones (excluding diaryl/α,β-unsaturated/α-hetero) is 1. The second-order valence-electron chi connectivity index (χ2n) is 4.87. The molecule has 0 aliphatic carbocycles. The molecule has 1 aliphatic rings. The van der Waals surface area contributed by atoms with E-state index < -0.39 is 11.6 Å². The minimum absolute atomic E-state index is 0.0378. The standard InChI is InChI=1S/C14H16F2O2/c1-9-8-18-3-2-13(9)14(17)6-10-4-11(15)7-12(16)5-10/h4-5,7,9,13H,2-3,6,8H2,1H3. The minimum atomic E-state index is -0.641. The Kier molecular flexibility index (Phi) is 4.07. The van der Waals surface area contributed by atoms with Gasteiger partial charge in [0.05, 0.1) is 0 Å². The molecule has 0 N–H and O–H groups in total. The highest BCUT2D eigenvalue weighted by atomic mass is 19.1. The molecule has 0 spiro atoms. The van der Waals surface area contributed by atoms with Crippen LogP contribution in [0.15, 0.2) is 18.2 Å². The van der Waals surface area contributed by atoms with Crippen LogP contribution in [0.4, 0.5) is 8.78 Å². The molecule has 0 amide bonds. The van der Waals surface area contributed by atoms with Gasteiger partial charge in [0.2, 0.25) is 0 Å². The molecule has 2 atom stereocenters. The Labute approximate surface area is 105 Å². The molecule has 1 heterocycles. The Hall–Kier alpha value is -1.29. The van der Waals surface area contributed by atoms with Crippen molar-refractivity contribution in [1.29, 1.82) is 0 Å². The lowest BCUT2D eigenvalue weighted by atomic mass is 9.84. The number of hydrogen-bond acceptors (Lipinski definition) is 2. The van der Waals surface area contributed by atoms with E-state index in [1.165, 1.54) is 12.1 Å². The first kappa shape index (κ1) is 13.1. The molecule has 18 heavy (non-hydrogen) atoms. The van der Waals surface area contributed by atoms with Crippen LogP contribution in [0.5, 0.6) is 0 Å². The Morgan fingerprint density at radius 1 is 1.33 bits per heavy atom. The van der Waals surface area contributed by atoms with Crippen LogP contribution in [0.1, 0.15) is 18.9 Å². The maximum absolute atomic E-state index is 13.0. The van der Waals surface area contributed by atoms with Gasteiger partial charge in [-0.3, -0.25) is 4.79 Å². The third-order valence-corrected chi connectivity index (χ3v) is 3.36. The number of ketones is 1. The van der Waals surface area contributed by atoms with Crippen LogP contribution in [-0.2, 0) is 16.0 Å². The average Bonchev–Trinajstić information content (AvgIpc) is 2.27. The fourth-order valence-electron chi connectivity index (χ4n) is 2.40. The molecule has 1 saturated heterocycles. The summed E-state index contributed by atoms with van der Waals surface area (Å²) >= 11 is 0. The smallest absolute Gasteiger partial charge is 0.140 e. The quantitative estimate of drug-likeness (QED) is 0.829. The van der Waals surface area contributed by atoms with Gasteiger partial charge in [0.15, 0.2) is 0 Å². The van der Waals surface area contributed by atoms with Gasteiger partial charge in [-0.15, -0.1) is 0 Å². The molecule has 2 nitrogen and oxygen atoms in total. The molecule has 0 saturated carbocycles. The molecule has 1 aromatic carbocycles. The first-order chi connectivity index (χ1) is 8.56. The summed E-state index contributed by atoms with van der Waals surface area (Å²) in [6.45, 7) is 3.13. The van der Waals surface area contributed by atoms with Crippen molar-refractivity contribution in [2.75, 3.05) is 13.2 Å². The van der Waals surface area contributed by atoms with E-state index in [0.29, 0.717) is 25.2 Å². The fourth-order valence-corrected chi connectivity index (χ4v) is 2.40. The van der Waals surface area contributed by atoms with Crippen molar-refractivity contribution in [2.24, 2.45) is 11.8 Å². The van der Waals surface area contributed by atoms with E-state index in [0.717, 1.165) is 6.07 Å². The summed E-state index contributed by atoms with van der Waals surface area (Å²) in [5, 5.41) is 0. The third kappa shape index (κ3) is 3.13. The van der Waals surface area contributed by atoms with E-state index in [1.54, 1.807) is 0 Å². The Balaban J connectivity index is 2.06. The Morgan fingerprint density at radius 2 is 2.00 bits per heavy atom. The van der Waals surface area contributed by atoms with Gasteiger partial charge in [0.1, 0.15) is 17.4 Å². The molecule has 0 aromatic heterocycles. The topological polar surface area (TPSA) is 26.3 Å². The highest BCUT2D eigenvalue weighted by molar-refractivity contribution is 5.83. The summed E-state index contributed by atoms with van der Waals surface area (Å²) in [6, 6.07) is 3.24. The van der Waals surface area contributed by atoms with Gasteiger partial charge in [0.25, 0.3) is 0 Å². The Bertz CT molecular complexity index is 425. The summed E-state index contributed by atoms with van der Waals surface area (Å²) in [5.74, 6) is -1.14. The van der Waals surface area contributed by atoms with Crippen LogP contribution in [0.3, 0.4) is 0 Å². The average molecular weight is 254 g/mol. The van der Waals surface area contributed by atoms with Crippen LogP contribution in [-0.4, -0.2) is 19.0 Å². The van der Waals surface area contributed by atoms with Gasteiger partial charge < -0.3 is 4.74 Å². The number of carbonyl (C=O) groups excluding carboxylic acids is 1. The normalized spacial score (nSPS) is 23.9. The number of hydrogen-bond donors (Lipinski definition) is 0. The molecule has 98 valence electrons. The van der Waals surface area contributed by atoms with E-state index >= 15 is 0 Å². The maximum atomic E-state index is 13.0. The van der Waals surface area contributed by atoms with Gasteiger partial charge in [-0.2, -0.15) is 0 Å². The van der Waals surface area contributed by atoms with E-state index in [-0.39, 0.29) is 24.0 Å². The number of ether oxygens (including phenoxy) is 1. The van der Waals surface area contributed by atoms with Gasteiger partial charge in [-0.05, 0) is 30.0 Å². The lowest BCUT2D eigenvalue weighted by Gasteiger charge is -2.27. The van der Waals surface area contributed by atoms with E-state index in [4.69, 9.17) is 4.74 Å². The SMILES string of the molecule is CC1COCCC1C(=O)Cc1cc(F)cc(F)c1. The lowest BCUT2D eigenvalue weighted by molar-refractivity contribution is -0.127. The van der Waals surface area contributed by atoms with Crippen molar-refractivity contribution in [3.05, 3.63) is 35.4 Å². The summed E-state index contributed by atoms with van der Waals surface area (Å²) in [7, 11) is 0. The lowest BCUT2D eigenvalue weighted by Crippen LogP contribution is -2.32. The van der Waals surface area contributed by atoms with Crippen LogP contribution in [0.2, 0.25) is 0 Å². The van der Waals surface area contributed by atoms with Gasteiger partial charge in [-0.1, -0.05) is 6.92 Å². The van der Waals surface area contributed by atoms with Gasteiger partial charge in [0, 0.05) is 31.6 Å². The molecule has 0 radical (unpaired) electrons. The summed E-state index contributed by atoms with van der Waals surface area (Å²) < 4.78 is 31.3. The first-order valence-corrected chi connectivity index (χ1v) is 6.11. The molecule has 1 fully saturated rings. The zero-order chi connectivity index (χ0) is 13.1. The maximum Gasteiger partial charge on any atom is 0.140 e. The van der Waals surface area contributed by atoms with Crippen LogP contribution < -0.4 is 0 Å². The summed E-state index contributed by atoms with van der Waals surface area (Å²) in [4.78, 5) is 12.1. The fraction of sp³-hybridized carbons (Fsp3) is 0.500. The van der Waals surface area contributed by atoms with Gasteiger partial charge in [-0.25, -0.2) is 8.78 Å². The van der Waals surface area contributed by atoms with Crippen molar-refractivity contribution < 1.29 is 18.3 Å². The monoisotopic (exact) mass is 254 g/mol. The van der Waals surface area contributed by atoms with E-state index in [2.05, 4.69) is 0 Å². The largest absolute Gasteiger partial charge is 0.381 e. The highest BCUT2D eigenvalue weighted by Crippen LogP contribution is 2.24. The number of rotatable bonds is 3. The van der Waals surface area contributed by atoms with E-state index in [9.17, 15) is 13.6 Å². The van der Waals surface area contributed by atoms with Crippen LogP contribution >= 0.6 is 0 Å². The molecule has 1 aromatic rings. The molecule has 2 rings (SSSR count). The van der Waals surface area contributed by atoms with Crippen molar-refractivity contribution >= 4 is 5.78 Å². The van der Waals surface area contributed by atoms with Crippen LogP contribution in [0.25, 0.3) is 0 Å². The number of carbonyl (C=O) groups is 1. The van der Waals surface area contributed by atoms with Gasteiger partial charge >= 0.3 is 0 Å². The Morgan fingerprint density at radius 3 is 2.61 bits per heavy atom. The minimum Gasteiger partial charge on any atom is -0.381 e. The zero-order valence-corrected chi connectivity index (χ0v) is 10.3. The second-order valence-corrected chi connectivity index (χ2v) is 4.87. The molecule has 4 heteroatoms. The summed E-state index contributed by atoms with van der Waals surface area (Å²) in [6.07, 6.45) is 0.779. The molecule has 0 bridgehead atoms. The number of benzene rings is 1. The second kappa shape index (κ2) is 5.57.